The third-order valence-corrected chi connectivity index (χ3v) is 1.69. The van der Waals surface area contributed by atoms with Crippen LogP contribution in [0, 0.1) is 0 Å². The highest BCUT2D eigenvalue weighted by molar-refractivity contribution is 14.1. The molecule has 0 aromatic heterocycles. The van der Waals surface area contributed by atoms with E-state index in [4.69, 9.17) is 0 Å². The van der Waals surface area contributed by atoms with Crippen LogP contribution < -0.4 is 0 Å². The van der Waals surface area contributed by atoms with Gasteiger partial charge in [-0.15, -0.1) is 0 Å². The van der Waals surface area contributed by atoms with Gasteiger partial charge in [-0.05, 0) is 41.5 Å². The number of nitrogens with zero attached hydrogens (tertiary/aromatic N) is 1. The summed E-state index contributed by atoms with van der Waals surface area (Å²) in [5, 5.41) is 0. The first-order valence-corrected chi connectivity index (χ1v) is 4.02. The van der Waals surface area contributed by atoms with E-state index in [2.05, 4.69) is 39.7 Å². The van der Waals surface area contributed by atoms with E-state index in [9.17, 15) is 0 Å². The topological polar surface area (TPSA) is 12.4 Å². The molecule has 1 heterocycles. The van der Waals surface area contributed by atoms with Crippen molar-refractivity contribution in [2.75, 3.05) is 0 Å². The Kier molecular flexibility index (Phi) is 2.97. The second kappa shape index (κ2) is 3.82. The van der Waals surface area contributed by atoms with Crippen LogP contribution in [0.1, 0.15) is 12.8 Å². The van der Waals surface area contributed by atoms with Crippen LogP contribution in [0.5, 0.6) is 0 Å². The largest absolute Gasteiger partial charge is 0.255 e. The van der Waals surface area contributed by atoms with Crippen LogP contribution in [0.3, 0.4) is 0 Å². The van der Waals surface area contributed by atoms with E-state index in [1.165, 1.54) is 0 Å². The van der Waals surface area contributed by atoms with Gasteiger partial charge in [0.25, 0.3) is 0 Å². The standard InChI is InChI=1S/C7H8IN/c8-7-5-3-1-2-4-6-9-7/h1,3,5-6H,2,4H2/b3-1-,7-5?,9-6?. The smallest absolute Gasteiger partial charge is 0.100 e. The fraction of sp³-hybridized carbons (Fsp3) is 0.286. The van der Waals surface area contributed by atoms with E-state index < -0.39 is 0 Å². The fourth-order valence-corrected chi connectivity index (χ4v) is 1.01. The molecule has 1 rings (SSSR count). The van der Waals surface area contributed by atoms with Crippen LogP contribution in [0.25, 0.3) is 0 Å². The van der Waals surface area contributed by atoms with Crippen LogP contribution in [-0.4, -0.2) is 6.21 Å². The molecule has 2 heteroatoms. The molecule has 0 atom stereocenters. The lowest BCUT2D eigenvalue weighted by Gasteiger charge is -1.91. The van der Waals surface area contributed by atoms with Crippen LogP contribution in [-0.2, 0) is 0 Å². The average molecular weight is 233 g/mol. The molecular formula is C7H8IN. The monoisotopic (exact) mass is 233 g/mol. The van der Waals surface area contributed by atoms with Gasteiger partial charge in [0.15, 0.2) is 0 Å². The van der Waals surface area contributed by atoms with Gasteiger partial charge in [0.1, 0.15) is 3.70 Å². The third-order valence-electron chi connectivity index (χ3n) is 1.05. The van der Waals surface area contributed by atoms with Gasteiger partial charge in [-0.25, -0.2) is 0 Å². The van der Waals surface area contributed by atoms with Crippen molar-refractivity contribution in [1.82, 2.24) is 0 Å². The second-order valence-electron chi connectivity index (χ2n) is 1.81. The van der Waals surface area contributed by atoms with Gasteiger partial charge < -0.3 is 0 Å². The first-order chi connectivity index (χ1) is 4.39. The summed E-state index contributed by atoms with van der Waals surface area (Å²) in [4.78, 5) is 4.16. The van der Waals surface area contributed by atoms with Crippen molar-refractivity contribution in [3.8, 4) is 0 Å². The summed E-state index contributed by atoms with van der Waals surface area (Å²) in [7, 11) is 0. The molecule has 0 aliphatic carbocycles. The Morgan fingerprint density at radius 2 is 2.33 bits per heavy atom. The van der Waals surface area contributed by atoms with Crippen molar-refractivity contribution >= 4 is 28.8 Å². The zero-order valence-corrected chi connectivity index (χ0v) is 7.21. The molecule has 0 saturated heterocycles. The first kappa shape index (κ1) is 6.99. The highest BCUT2D eigenvalue weighted by Gasteiger charge is 1.84. The number of hydrogen-bond acceptors (Lipinski definition) is 1. The Morgan fingerprint density at radius 1 is 1.44 bits per heavy atom. The maximum atomic E-state index is 4.16. The lowest BCUT2D eigenvalue weighted by atomic mass is 10.3. The molecule has 0 saturated carbocycles. The molecule has 0 spiro atoms. The lowest BCUT2D eigenvalue weighted by molar-refractivity contribution is 1.11. The van der Waals surface area contributed by atoms with Crippen molar-refractivity contribution in [3.63, 3.8) is 0 Å². The molecule has 0 N–H and O–H groups in total. The fourth-order valence-electron chi connectivity index (χ4n) is 0.609. The third kappa shape index (κ3) is 2.79. The van der Waals surface area contributed by atoms with E-state index >= 15 is 0 Å². The van der Waals surface area contributed by atoms with Gasteiger partial charge in [-0.3, -0.25) is 4.99 Å². The van der Waals surface area contributed by atoms with Crippen LogP contribution in [0.15, 0.2) is 26.9 Å². The number of aliphatic imine (C=N–C) groups is 1. The van der Waals surface area contributed by atoms with E-state index in [1.54, 1.807) is 0 Å². The van der Waals surface area contributed by atoms with E-state index in [-0.39, 0.29) is 0 Å². The molecule has 48 valence electrons. The predicted molar refractivity (Wildman–Crippen MR) is 49.0 cm³/mol. The summed E-state index contributed by atoms with van der Waals surface area (Å²) in [5.41, 5.74) is 0. The molecule has 0 bridgehead atoms. The van der Waals surface area contributed by atoms with Gasteiger partial charge in [0.2, 0.25) is 0 Å². The zero-order valence-electron chi connectivity index (χ0n) is 5.05. The second-order valence-corrected chi connectivity index (χ2v) is 2.91. The van der Waals surface area contributed by atoms with Crippen LogP contribution in [0.4, 0.5) is 0 Å². The SMILES string of the molecule is IC1=C/C=C\CCC=N1. The Hall–Kier alpha value is -0.120. The normalized spacial score (nSPS) is 22.1. The van der Waals surface area contributed by atoms with Crippen molar-refractivity contribution in [2.24, 2.45) is 4.99 Å². The quantitative estimate of drug-likeness (QED) is 0.450. The van der Waals surface area contributed by atoms with Gasteiger partial charge in [-0.1, -0.05) is 12.2 Å². The molecule has 1 aliphatic rings. The van der Waals surface area contributed by atoms with E-state index in [1.807, 2.05) is 12.3 Å². The zero-order chi connectivity index (χ0) is 6.53. The first-order valence-electron chi connectivity index (χ1n) is 2.94. The molecule has 0 amide bonds. The van der Waals surface area contributed by atoms with Gasteiger partial charge in [-0.2, -0.15) is 0 Å². The van der Waals surface area contributed by atoms with Crippen molar-refractivity contribution in [3.05, 3.63) is 21.9 Å². The lowest BCUT2D eigenvalue weighted by Crippen LogP contribution is -1.76. The predicted octanol–water partition coefficient (Wildman–Crippen LogP) is 2.68. The molecule has 0 aromatic rings. The summed E-state index contributed by atoms with van der Waals surface area (Å²) in [6.07, 6.45) is 10.4. The Bertz CT molecular complexity index is 168. The molecule has 0 radical (unpaired) electrons. The summed E-state index contributed by atoms with van der Waals surface area (Å²) >= 11 is 2.21. The molecule has 9 heavy (non-hydrogen) atoms. The number of rotatable bonds is 0. The minimum Gasteiger partial charge on any atom is -0.255 e. The minimum atomic E-state index is 1.06. The van der Waals surface area contributed by atoms with Crippen molar-refractivity contribution in [2.45, 2.75) is 12.8 Å². The van der Waals surface area contributed by atoms with Crippen molar-refractivity contribution in [1.29, 1.82) is 0 Å². The van der Waals surface area contributed by atoms with E-state index in [0.29, 0.717) is 0 Å². The molecule has 0 aromatic carbocycles. The van der Waals surface area contributed by atoms with Gasteiger partial charge in [0.05, 0.1) is 0 Å². The van der Waals surface area contributed by atoms with Crippen molar-refractivity contribution < 1.29 is 0 Å². The molecule has 1 aliphatic heterocycles. The Balaban J connectivity index is 2.66. The maximum Gasteiger partial charge on any atom is 0.100 e. The Morgan fingerprint density at radius 3 is 3.22 bits per heavy atom. The summed E-state index contributed by atoms with van der Waals surface area (Å²) in [6, 6.07) is 0. The van der Waals surface area contributed by atoms with Gasteiger partial charge >= 0.3 is 0 Å². The molecule has 1 nitrogen and oxygen atoms in total. The molecular weight excluding hydrogens is 225 g/mol. The van der Waals surface area contributed by atoms with Crippen LogP contribution in [0.2, 0.25) is 0 Å². The van der Waals surface area contributed by atoms with Crippen LogP contribution >= 0.6 is 22.6 Å². The van der Waals surface area contributed by atoms with E-state index in [0.717, 1.165) is 16.5 Å². The molecule has 0 unspecified atom stereocenters. The highest BCUT2D eigenvalue weighted by atomic mass is 127. The molecule has 0 fully saturated rings. The number of halogens is 1. The highest BCUT2D eigenvalue weighted by Crippen LogP contribution is 2.08. The Labute approximate surface area is 68.7 Å². The summed E-state index contributed by atoms with van der Waals surface area (Å²) in [6.45, 7) is 0. The maximum absolute atomic E-state index is 4.16. The minimum absolute atomic E-state index is 1.06. The van der Waals surface area contributed by atoms with Gasteiger partial charge in [0, 0.05) is 6.21 Å². The average Bonchev–Trinajstić information content (AvgIpc) is 1.79. The number of allylic oxidation sites excluding steroid dienone is 3. The summed E-state index contributed by atoms with van der Waals surface area (Å²) in [5.74, 6) is 0. The summed E-state index contributed by atoms with van der Waals surface area (Å²) < 4.78 is 1.06. The number of hydrogen-bond donors (Lipinski definition) is 0.